The molecule has 0 aliphatic heterocycles. The van der Waals surface area contributed by atoms with Crippen molar-refractivity contribution in [3.8, 4) is 35.4 Å². The number of nitrogens with one attached hydrogen (secondary N) is 1. The van der Waals surface area contributed by atoms with Gasteiger partial charge in [-0.05, 0) is 58.7 Å². The minimum atomic E-state index is -0.710. The van der Waals surface area contributed by atoms with Crippen molar-refractivity contribution in [2.75, 3.05) is 11.1 Å². The summed E-state index contributed by atoms with van der Waals surface area (Å²) in [5.74, 6) is 14.3. The summed E-state index contributed by atoms with van der Waals surface area (Å²) >= 11 is 6.45. The highest BCUT2D eigenvalue weighted by Gasteiger charge is 2.05. The molecule has 10 heteroatoms. The molecule has 0 unspecified atom stereocenters. The Morgan fingerprint density at radius 3 is 1.88 bits per heavy atom. The van der Waals surface area contributed by atoms with E-state index in [1.54, 1.807) is 30.6 Å². The summed E-state index contributed by atoms with van der Waals surface area (Å²) in [5.41, 5.74) is 12.0. The van der Waals surface area contributed by atoms with Crippen molar-refractivity contribution < 1.29 is 13.9 Å². The Morgan fingerprint density at radius 1 is 0.667 bits per heavy atom. The Labute approximate surface area is 300 Å². The second-order valence-electron chi connectivity index (χ2n) is 11.2. The van der Waals surface area contributed by atoms with E-state index in [1.165, 1.54) is 0 Å². The SMILES string of the molecule is Nc1ccc(C#CCc2ccc(COc3ccc(Nc4ccc(C#CCc5ccc(COc6ccccn6)cc5)c(Cl)n4)cn3)cc2)c(CF)n1. The van der Waals surface area contributed by atoms with E-state index < -0.39 is 6.67 Å². The molecule has 0 bridgehead atoms. The van der Waals surface area contributed by atoms with Crippen LogP contribution in [-0.4, -0.2) is 19.9 Å². The summed E-state index contributed by atoms with van der Waals surface area (Å²) in [6.07, 6.45) is 4.47. The zero-order valence-corrected chi connectivity index (χ0v) is 28.2. The van der Waals surface area contributed by atoms with Crippen molar-refractivity contribution >= 4 is 28.9 Å². The number of nitrogen functional groups attached to an aromatic ring is 1. The molecule has 8 nitrogen and oxygen atoms in total. The van der Waals surface area contributed by atoms with Gasteiger partial charge in [-0.3, -0.25) is 0 Å². The molecule has 6 rings (SSSR count). The summed E-state index contributed by atoms with van der Waals surface area (Å²) < 4.78 is 24.8. The van der Waals surface area contributed by atoms with Gasteiger partial charge in [0.25, 0.3) is 0 Å². The van der Waals surface area contributed by atoms with Crippen LogP contribution < -0.4 is 20.5 Å². The Kier molecular flexibility index (Phi) is 11.7. The number of halogens is 2. The summed E-state index contributed by atoms with van der Waals surface area (Å²) in [6, 6.07) is 32.2. The van der Waals surface area contributed by atoms with Gasteiger partial charge in [0.05, 0.1) is 23.1 Å². The number of anilines is 3. The van der Waals surface area contributed by atoms with Gasteiger partial charge in [0.2, 0.25) is 11.8 Å². The lowest BCUT2D eigenvalue weighted by atomic mass is 10.1. The molecule has 51 heavy (non-hydrogen) atoms. The fourth-order valence-corrected chi connectivity index (χ4v) is 4.96. The van der Waals surface area contributed by atoms with E-state index in [4.69, 9.17) is 26.8 Å². The van der Waals surface area contributed by atoms with Crippen molar-refractivity contribution in [1.29, 1.82) is 0 Å². The Hall–Kier alpha value is -6.42. The minimum Gasteiger partial charge on any atom is -0.473 e. The summed E-state index contributed by atoms with van der Waals surface area (Å²) in [7, 11) is 0. The molecule has 0 fully saturated rings. The highest BCUT2D eigenvalue weighted by Crippen LogP contribution is 2.21. The number of nitrogens with two attached hydrogens (primary N) is 1. The van der Waals surface area contributed by atoms with Crippen molar-refractivity contribution in [2.24, 2.45) is 0 Å². The third-order valence-corrected chi connectivity index (χ3v) is 7.76. The van der Waals surface area contributed by atoms with E-state index in [2.05, 4.69) is 48.9 Å². The summed E-state index contributed by atoms with van der Waals surface area (Å²) in [5, 5.41) is 3.52. The van der Waals surface area contributed by atoms with E-state index in [-0.39, 0.29) is 11.5 Å². The van der Waals surface area contributed by atoms with Crippen LogP contribution in [0.25, 0.3) is 0 Å². The highest BCUT2D eigenvalue weighted by molar-refractivity contribution is 6.30. The van der Waals surface area contributed by atoms with E-state index in [0.29, 0.717) is 59.9 Å². The van der Waals surface area contributed by atoms with Crippen molar-refractivity contribution in [3.05, 3.63) is 160 Å². The van der Waals surface area contributed by atoms with Crippen LogP contribution in [-0.2, 0) is 32.7 Å². The molecule has 6 aromatic rings. The number of aromatic nitrogens is 4. The number of hydrogen-bond acceptors (Lipinski definition) is 8. The summed E-state index contributed by atoms with van der Waals surface area (Å²) in [4.78, 5) is 17.0. The molecule has 0 saturated heterocycles. The zero-order chi connectivity index (χ0) is 35.3. The van der Waals surface area contributed by atoms with Gasteiger partial charge in [-0.25, -0.2) is 24.3 Å². The lowest BCUT2D eigenvalue weighted by Gasteiger charge is -2.09. The lowest BCUT2D eigenvalue weighted by molar-refractivity contribution is 0.294. The minimum absolute atomic E-state index is 0.253. The number of ether oxygens (including phenoxy) is 2. The maximum atomic E-state index is 13.2. The van der Waals surface area contributed by atoms with Crippen LogP contribution in [0.5, 0.6) is 11.8 Å². The number of alkyl halides is 1. The molecule has 3 N–H and O–H groups in total. The van der Waals surface area contributed by atoms with Crippen LogP contribution in [0, 0.1) is 23.7 Å². The van der Waals surface area contributed by atoms with Gasteiger partial charge < -0.3 is 20.5 Å². The Balaban J connectivity index is 0.946. The van der Waals surface area contributed by atoms with Gasteiger partial charge in [-0.1, -0.05) is 89.9 Å². The number of benzene rings is 2. The average molecular weight is 695 g/mol. The van der Waals surface area contributed by atoms with Crippen LogP contribution in [0.1, 0.15) is 39.1 Å². The van der Waals surface area contributed by atoms with E-state index in [0.717, 1.165) is 27.9 Å². The maximum Gasteiger partial charge on any atom is 0.213 e. The quantitative estimate of drug-likeness (QED) is 0.104. The normalized spacial score (nSPS) is 10.3. The molecule has 0 saturated carbocycles. The molecule has 0 atom stereocenters. The predicted molar refractivity (Wildman–Crippen MR) is 197 cm³/mol. The van der Waals surface area contributed by atoms with Crippen LogP contribution in [0.2, 0.25) is 5.15 Å². The number of hydrogen-bond donors (Lipinski definition) is 2. The zero-order valence-electron chi connectivity index (χ0n) is 27.4. The highest BCUT2D eigenvalue weighted by atomic mass is 35.5. The van der Waals surface area contributed by atoms with E-state index in [9.17, 15) is 4.39 Å². The molecule has 0 radical (unpaired) electrons. The van der Waals surface area contributed by atoms with Crippen LogP contribution in [0.3, 0.4) is 0 Å². The monoisotopic (exact) mass is 694 g/mol. The first-order chi connectivity index (χ1) is 25.0. The van der Waals surface area contributed by atoms with Gasteiger partial charge in [0.1, 0.15) is 36.7 Å². The second kappa shape index (κ2) is 17.3. The average Bonchev–Trinajstić information content (AvgIpc) is 3.16. The third-order valence-electron chi connectivity index (χ3n) is 7.47. The first-order valence-corrected chi connectivity index (χ1v) is 16.4. The van der Waals surface area contributed by atoms with Crippen LogP contribution in [0.4, 0.5) is 21.7 Å². The number of pyridine rings is 4. The molecule has 252 valence electrons. The molecule has 0 aliphatic rings. The van der Waals surface area contributed by atoms with Crippen LogP contribution >= 0.6 is 11.6 Å². The molecule has 0 amide bonds. The van der Waals surface area contributed by atoms with Crippen molar-refractivity contribution in [3.63, 3.8) is 0 Å². The van der Waals surface area contributed by atoms with Gasteiger partial charge in [-0.2, -0.15) is 0 Å². The number of nitrogens with zero attached hydrogens (tertiary/aromatic N) is 4. The molecule has 2 aromatic carbocycles. The summed E-state index contributed by atoms with van der Waals surface area (Å²) in [6.45, 7) is 0.0960. The molecular weight excluding hydrogens is 663 g/mol. The van der Waals surface area contributed by atoms with E-state index in [1.807, 2.05) is 84.9 Å². The van der Waals surface area contributed by atoms with Crippen LogP contribution in [0.15, 0.2) is 116 Å². The Morgan fingerprint density at radius 2 is 1.29 bits per heavy atom. The fraction of sp³-hybridized carbons (Fsp3) is 0.122. The van der Waals surface area contributed by atoms with Crippen molar-refractivity contribution in [2.45, 2.75) is 32.7 Å². The molecule has 4 heterocycles. The first-order valence-electron chi connectivity index (χ1n) is 16.0. The second-order valence-corrected chi connectivity index (χ2v) is 11.6. The van der Waals surface area contributed by atoms with Crippen molar-refractivity contribution in [1.82, 2.24) is 19.9 Å². The lowest BCUT2D eigenvalue weighted by Crippen LogP contribution is -1.99. The Bertz CT molecular complexity index is 2190. The standard InChI is InChI=1S/C41H32ClFN6O2/c42-41-34(8-4-6-30-12-14-31(15-13-30)27-50-39-9-1-2-24-45-39)19-22-38(49-41)47-35-20-23-40(46-26-35)51-28-32-16-10-29(11-17-32)5-3-7-33-18-21-37(44)48-36(33)25-43/h1-2,9-24,26H,5-6,25,27-28H2,(H2,44,48)(H,47,49). The first kappa shape index (κ1) is 34.4. The topological polar surface area (TPSA) is 108 Å². The maximum absolute atomic E-state index is 13.2. The molecule has 0 aliphatic carbocycles. The third kappa shape index (κ3) is 10.3. The molecular formula is C41H32ClFN6O2. The fourth-order valence-electron chi connectivity index (χ4n) is 4.76. The number of rotatable bonds is 11. The van der Waals surface area contributed by atoms with E-state index >= 15 is 0 Å². The molecule has 0 spiro atoms. The van der Waals surface area contributed by atoms with Gasteiger partial charge in [0, 0.05) is 36.7 Å². The molecule has 4 aromatic heterocycles. The smallest absolute Gasteiger partial charge is 0.213 e. The van der Waals surface area contributed by atoms with Gasteiger partial charge in [-0.15, -0.1) is 0 Å². The van der Waals surface area contributed by atoms with Gasteiger partial charge in [0.15, 0.2) is 0 Å². The largest absolute Gasteiger partial charge is 0.473 e. The van der Waals surface area contributed by atoms with Gasteiger partial charge >= 0.3 is 0 Å². The predicted octanol–water partition coefficient (Wildman–Crippen LogP) is 8.06.